The van der Waals surface area contributed by atoms with Gasteiger partial charge in [0.15, 0.2) is 0 Å². The quantitative estimate of drug-likeness (QED) is 0.449. The molecule has 0 amide bonds. The van der Waals surface area contributed by atoms with E-state index in [0.717, 1.165) is 0 Å². The molecule has 0 rings (SSSR count). The molecule has 0 unspecified atom stereocenters. The summed E-state index contributed by atoms with van der Waals surface area (Å²) in [6.45, 7) is 0. The van der Waals surface area contributed by atoms with Crippen molar-refractivity contribution < 1.29 is 25.9 Å². The summed E-state index contributed by atoms with van der Waals surface area (Å²) in [7, 11) is -8.24. The van der Waals surface area contributed by atoms with Gasteiger partial charge in [0.05, 0.1) is 11.5 Å². The normalized spacial score (nSPS) is 12.2. The summed E-state index contributed by atoms with van der Waals surface area (Å²) < 4.78 is 56.2. The summed E-state index contributed by atoms with van der Waals surface area (Å²) >= 11 is 0. The van der Waals surface area contributed by atoms with Crippen LogP contribution in [0.1, 0.15) is 6.42 Å². The van der Waals surface area contributed by atoms with Gasteiger partial charge in [0.1, 0.15) is 0 Å². The summed E-state index contributed by atoms with van der Waals surface area (Å²) in [6.07, 6.45) is -0.308. The van der Waals surface area contributed by atoms with Crippen LogP contribution in [0.25, 0.3) is 0 Å². The average molecular weight is 246 g/mol. The van der Waals surface area contributed by atoms with E-state index in [1.54, 1.807) is 0 Å². The van der Waals surface area contributed by atoms with Crippen LogP contribution in [0.3, 0.4) is 0 Å². The fraction of sp³-hybridized carbons (Fsp3) is 1.00. The van der Waals surface area contributed by atoms with Crippen molar-refractivity contribution in [3.8, 4) is 0 Å². The number of rotatable bonds is 4. The van der Waals surface area contributed by atoms with Gasteiger partial charge in [-0.15, -0.1) is 0 Å². The minimum atomic E-state index is -4.12. The first-order valence-corrected chi connectivity index (χ1v) is 5.83. The molecule has 2 N–H and O–H groups in total. The number of hydrogen-bond donors (Lipinski definition) is 2. The Morgan fingerprint density at radius 1 is 0.833 bits per heavy atom. The van der Waals surface area contributed by atoms with E-state index >= 15 is 0 Å². The predicted octanol–water partition coefficient (Wildman–Crippen LogP) is -1.76. The molecule has 0 radical (unpaired) electrons. The van der Waals surface area contributed by atoms with Crippen LogP contribution in [-0.2, 0) is 20.2 Å². The van der Waals surface area contributed by atoms with Crippen LogP contribution >= 0.6 is 0 Å². The molecule has 0 aliphatic rings. The van der Waals surface area contributed by atoms with E-state index in [0.29, 0.717) is 0 Å². The Morgan fingerprint density at radius 2 is 1.08 bits per heavy atom. The van der Waals surface area contributed by atoms with Crippen molar-refractivity contribution in [2.75, 3.05) is 11.5 Å². The Hall–Kier alpha value is 1.08. The third-order valence-corrected chi connectivity index (χ3v) is 2.41. The Balaban J connectivity index is 0. The van der Waals surface area contributed by atoms with Crippen LogP contribution in [0.4, 0.5) is 0 Å². The van der Waals surface area contributed by atoms with E-state index in [1.165, 1.54) is 0 Å². The summed E-state index contributed by atoms with van der Waals surface area (Å²) in [5.41, 5.74) is 0. The molecule has 0 aromatic rings. The second-order valence-electron chi connectivity index (χ2n) is 1.93. The maximum absolute atomic E-state index is 10.00. The van der Waals surface area contributed by atoms with Gasteiger partial charge in [-0.1, -0.05) is 0 Å². The van der Waals surface area contributed by atoms with Gasteiger partial charge in [0.25, 0.3) is 20.2 Å². The van der Waals surface area contributed by atoms with Gasteiger partial charge in [-0.05, 0) is 6.42 Å². The Kier molecular flexibility index (Phi) is 7.43. The molecule has 0 aromatic heterocycles. The van der Waals surface area contributed by atoms with E-state index in [-0.39, 0.29) is 44.2 Å². The molecule has 0 bridgehead atoms. The van der Waals surface area contributed by atoms with Gasteiger partial charge in [-0.3, -0.25) is 9.11 Å². The molecule has 0 saturated heterocycles. The molecule has 72 valence electrons. The van der Waals surface area contributed by atoms with Crippen molar-refractivity contribution >= 4 is 58.0 Å². The van der Waals surface area contributed by atoms with Crippen LogP contribution < -0.4 is 0 Å². The topological polar surface area (TPSA) is 109 Å². The maximum atomic E-state index is 10.00. The zero-order valence-corrected chi connectivity index (χ0v) is 7.10. The zero-order chi connectivity index (χ0) is 9.12. The van der Waals surface area contributed by atoms with E-state index in [2.05, 4.69) is 0 Å². The summed E-state index contributed by atoms with van der Waals surface area (Å²) in [4.78, 5) is 0. The molecule has 0 aromatic carbocycles. The summed E-state index contributed by atoms with van der Waals surface area (Å²) in [6, 6.07) is 0. The molecule has 0 heterocycles. The molecular weight excluding hydrogens is 236 g/mol. The summed E-state index contributed by atoms with van der Waals surface area (Å²) in [5.74, 6) is -1.32. The zero-order valence-electron chi connectivity index (χ0n) is 5.47. The third kappa shape index (κ3) is 13.7. The molecule has 0 saturated carbocycles. The first kappa shape index (κ1) is 15.5. The molecule has 0 atom stereocenters. The van der Waals surface area contributed by atoms with Crippen molar-refractivity contribution in [3.05, 3.63) is 0 Å². The standard InChI is InChI=1S/C3H8O6S2.Ca.2H/c4-10(5,6)2-1-3-11(7,8)9;;;/h1-3H2,(H,4,5,6)(H,7,8,9);;;. The molecular formula is C3H10CaO6S2. The Morgan fingerprint density at radius 3 is 1.25 bits per heavy atom. The molecule has 0 spiro atoms. The van der Waals surface area contributed by atoms with Crippen LogP contribution in [0, 0.1) is 0 Å². The number of hydrogen-bond acceptors (Lipinski definition) is 4. The molecule has 12 heavy (non-hydrogen) atoms. The van der Waals surface area contributed by atoms with Crippen molar-refractivity contribution in [2.24, 2.45) is 0 Å². The van der Waals surface area contributed by atoms with Gasteiger partial charge >= 0.3 is 37.7 Å². The Bertz CT molecular complexity index is 270. The van der Waals surface area contributed by atoms with Crippen LogP contribution in [0.2, 0.25) is 0 Å². The van der Waals surface area contributed by atoms with Gasteiger partial charge in [-0.2, -0.15) is 16.8 Å². The molecule has 6 nitrogen and oxygen atoms in total. The van der Waals surface area contributed by atoms with E-state index in [1.807, 2.05) is 0 Å². The first-order chi connectivity index (χ1) is 4.71. The van der Waals surface area contributed by atoms with Crippen LogP contribution in [0.5, 0.6) is 0 Å². The van der Waals surface area contributed by atoms with E-state index < -0.39 is 31.7 Å². The molecule has 0 aliphatic heterocycles. The Labute approximate surface area is 101 Å². The van der Waals surface area contributed by atoms with Gasteiger partial charge in [0.2, 0.25) is 0 Å². The predicted molar refractivity (Wildman–Crippen MR) is 46.0 cm³/mol. The van der Waals surface area contributed by atoms with Crippen molar-refractivity contribution in [1.82, 2.24) is 0 Å². The van der Waals surface area contributed by atoms with E-state index in [9.17, 15) is 16.8 Å². The summed E-state index contributed by atoms with van der Waals surface area (Å²) in [5, 5.41) is 0. The van der Waals surface area contributed by atoms with Crippen molar-refractivity contribution in [2.45, 2.75) is 6.42 Å². The van der Waals surface area contributed by atoms with Gasteiger partial charge < -0.3 is 0 Å². The second kappa shape index (κ2) is 5.74. The first-order valence-electron chi connectivity index (χ1n) is 2.61. The fourth-order valence-electron chi connectivity index (χ4n) is 0.424. The van der Waals surface area contributed by atoms with Gasteiger partial charge in [-0.25, -0.2) is 0 Å². The van der Waals surface area contributed by atoms with E-state index in [4.69, 9.17) is 9.11 Å². The van der Waals surface area contributed by atoms with Crippen molar-refractivity contribution in [1.29, 1.82) is 0 Å². The molecule has 0 aliphatic carbocycles. The van der Waals surface area contributed by atoms with Crippen LogP contribution in [-0.4, -0.2) is 75.2 Å². The fourth-order valence-corrected chi connectivity index (χ4v) is 1.62. The average Bonchev–Trinajstić information content (AvgIpc) is 1.55. The minimum absolute atomic E-state index is 0. The monoisotopic (exact) mass is 246 g/mol. The SMILES string of the molecule is O=S(=O)(O)CCCS(=O)(=O)O.[CaH2]. The molecule has 0 fully saturated rings. The van der Waals surface area contributed by atoms with Crippen LogP contribution in [0.15, 0.2) is 0 Å². The second-order valence-corrected chi connectivity index (χ2v) is 5.07. The third-order valence-electron chi connectivity index (χ3n) is 0.805. The molecule has 9 heteroatoms. The van der Waals surface area contributed by atoms with Crippen molar-refractivity contribution in [3.63, 3.8) is 0 Å². The van der Waals surface area contributed by atoms with Gasteiger partial charge in [0, 0.05) is 0 Å².